The summed E-state index contributed by atoms with van der Waals surface area (Å²) in [6.45, 7) is 5.07. The van der Waals surface area contributed by atoms with Gasteiger partial charge in [-0.2, -0.15) is 0 Å². The highest BCUT2D eigenvalue weighted by Crippen LogP contribution is 2.17. The molecular formula is C13H18ClN3O2. The van der Waals surface area contributed by atoms with Crippen molar-refractivity contribution in [2.45, 2.75) is 19.5 Å². The molecule has 1 atom stereocenters. The first-order chi connectivity index (χ1) is 9.22. The molecule has 0 spiro atoms. The fourth-order valence-corrected chi connectivity index (χ4v) is 2.34. The number of hydrogen-bond acceptors (Lipinski definition) is 5. The molecular weight excluding hydrogens is 266 g/mol. The van der Waals surface area contributed by atoms with Crippen LogP contribution in [0.5, 0.6) is 0 Å². The zero-order valence-corrected chi connectivity index (χ0v) is 11.7. The maximum Gasteiger partial charge on any atom is 0.324 e. The molecule has 0 amide bonds. The van der Waals surface area contributed by atoms with Crippen molar-refractivity contribution in [3.05, 3.63) is 29.0 Å². The van der Waals surface area contributed by atoms with Gasteiger partial charge in [0, 0.05) is 37.9 Å². The van der Waals surface area contributed by atoms with E-state index in [-0.39, 0.29) is 12.0 Å². The van der Waals surface area contributed by atoms with Crippen LogP contribution in [-0.4, -0.2) is 48.1 Å². The minimum atomic E-state index is -0.259. The van der Waals surface area contributed by atoms with Gasteiger partial charge in [0.25, 0.3) is 0 Å². The van der Waals surface area contributed by atoms with Gasteiger partial charge in [0.05, 0.1) is 6.61 Å². The molecule has 2 rings (SSSR count). The van der Waals surface area contributed by atoms with Crippen LogP contribution in [0.15, 0.2) is 18.3 Å². The molecule has 104 valence electrons. The molecule has 2 heterocycles. The maximum absolute atomic E-state index is 11.9. The molecule has 0 bridgehead atoms. The zero-order valence-electron chi connectivity index (χ0n) is 10.9. The average molecular weight is 284 g/mol. The van der Waals surface area contributed by atoms with Gasteiger partial charge in [-0.3, -0.25) is 9.69 Å². The Balaban J connectivity index is 2.07. The molecule has 1 aliphatic rings. The van der Waals surface area contributed by atoms with Gasteiger partial charge in [-0.1, -0.05) is 17.7 Å². The van der Waals surface area contributed by atoms with Gasteiger partial charge >= 0.3 is 5.97 Å². The lowest BCUT2D eigenvalue weighted by Crippen LogP contribution is -2.54. The van der Waals surface area contributed by atoms with Crippen LogP contribution in [0, 0.1) is 0 Å². The third-order valence-corrected chi connectivity index (χ3v) is 3.46. The lowest BCUT2D eigenvalue weighted by molar-refractivity contribution is -0.150. The Bertz CT molecular complexity index is 442. The van der Waals surface area contributed by atoms with E-state index in [1.807, 2.05) is 19.1 Å². The number of esters is 1. The minimum absolute atomic E-state index is 0.185. The van der Waals surface area contributed by atoms with E-state index in [2.05, 4.69) is 15.2 Å². The van der Waals surface area contributed by atoms with Gasteiger partial charge in [-0.15, -0.1) is 0 Å². The summed E-state index contributed by atoms with van der Waals surface area (Å²) in [6, 6.07) is 3.52. The fraction of sp³-hybridized carbons (Fsp3) is 0.538. The third-order valence-electron chi connectivity index (χ3n) is 3.12. The van der Waals surface area contributed by atoms with Gasteiger partial charge in [0.1, 0.15) is 11.2 Å². The normalized spacial score (nSPS) is 20.2. The van der Waals surface area contributed by atoms with Crippen molar-refractivity contribution >= 4 is 17.6 Å². The first-order valence-corrected chi connectivity index (χ1v) is 6.81. The molecule has 1 saturated heterocycles. The SMILES string of the molecule is CCOC(=O)C1CNCCN1Cc1cccnc1Cl. The van der Waals surface area contributed by atoms with Crippen LogP contribution in [0.4, 0.5) is 0 Å². The van der Waals surface area contributed by atoms with Gasteiger partial charge in [0.2, 0.25) is 0 Å². The molecule has 0 radical (unpaired) electrons. The fourth-order valence-electron chi connectivity index (χ4n) is 2.16. The van der Waals surface area contributed by atoms with Crippen LogP contribution in [-0.2, 0) is 16.1 Å². The summed E-state index contributed by atoms with van der Waals surface area (Å²) >= 11 is 6.06. The highest BCUT2D eigenvalue weighted by Gasteiger charge is 2.30. The monoisotopic (exact) mass is 283 g/mol. The van der Waals surface area contributed by atoms with Gasteiger partial charge in [0.15, 0.2) is 0 Å². The van der Waals surface area contributed by atoms with Crippen LogP contribution in [0.3, 0.4) is 0 Å². The molecule has 1 N–H and O–H groups in total. The van der Waals surface area contributed by atoms with Crippen LogP contribution in [0.25, 0.3) is 0 Å². The average Bonchev–Trinajstić information content (AvgIpc) is 2.42. The van der Waals surface area contributed by atoms with Gasteiger partial charge < -0.3 is 10.1 Å². The summed E-state index contributed by atoms with van der Waals surface area (Å²) in [4.78, 5) is 18.1. The lowest BCUT2D eigenvalue weighted by atomic mass is 10.1. The van der Waals surface area contributed by atoms with E-state index in [0.29, 0.717) is 24.8 Å². The summed E-state index contributed by atoms with van der Waals surface area (Å²) in [5, 5.41) is 3.70. The molecule has 1 aliphatic heterocycles. The highest BCUT2D eigenvalue weighted by molar-refractivity contribution is 6.30. The molecule has 5 nitrogen and oxygen atoms in total. The van der Waals surface area contributed by atoms with E-state index in [1.54, 1.807) is 6.20 Å². The molecule has 1 unspecified atom stereocenters. The van der Waals surface area contributed by atoms with Gasteiger partial charge in [-0.25, -0.2) is 4.98 Å². The predicted octanol–water partition coefficient (Wildman–Crippen LogP) is 1.07. The van der Waals surface area contributed by atoms with Crippen molar-refractivity contribution in [3.63, 3.8) is 0 Å². The first kappa shape index (κ1) is 14.2. The van der Waals surface area contributed by atoms with Crippen molar-refractivity contribution in [2.24, 2.45) is 0 Å². The third kappa shape index (κ3) is 3.65. The van der Waals surface area contributed by atoms with Crippen LogP contribution < -0.4 is 5.32 Å². The number of carbonyl (C=O) groups is 1. The second-order valence-corrected chi connectivity index (χ2v) is 4.75. The second kappa shape index (κ2) is 6.84. The summed E-state index contributed by atoms with van der Waals surface area (Å²) in [7, 11) is 0. The van der Waals surface area contributed by atoms with Crippen molar-refractivity contribution < 1.29 is 9.53 Å². The van der Waals surface area contributed by atoms with Crippen molar-refractivity contribution in [1.29, 1.82) is 0 Å². The Labute approximate surface area is 117 Å². The lowest BCUT2D eigenvalue weighted by Gasteiger charge is -2.34. The number of hydrogen-bond donors (Lipinski definition) is 1. The van der Waals surface area contributed by atoms with E-state index >= 15 is 0 Å². The molecule has 1 aromatic rings. The maximum atomic E-state index is 11.9. The van der Waals surface area contributed by atoms with E-state index in [0.717, 1.165) is 18.7 Å². The van der Waals surface area contributed by atoms with Crippen molar-refractivity contribution in [3.8, 4) is 0 Å². The largest absolute Gasteiger partial charge is 0.465 e. The predicted molar refractivity (Wildman–Crippen MR) is 72.9 cm³/mol. The number of carbonyl (C=O) groups excluding carboxylic acids is 1. The molecule has 0 saturated carbocycles. The van der Waals surface area contributed by atoms with Crippen LogP contribution >= 0.6 is 11.6 Å². The van der Waals surface area contributed by atoms with Crippen molar-refractivity contribution in [2.75, 3.05) is 26.2 Å². The van der Waals surface area contributed by atoms with E-state index in [9.17, 15) is 4.79 Å². The Morgan fingerprint density at radius 3 is 3.26 bits per heavy atom. The Hall–Kier alpha value is -1.17. The van der Waals surface area contributed by atoms with Crippen LogP contribution in [0.2, 0.25) is 5.15 Å². The summed E-state index contributed by atoms with van der Waals surface area (Å²) in [5.41, 5.74) is 0.931. The van der Waals surface area contributed by atoms with Crippen molar-refractivity contribution in [1.82, 2.24) is 15.2 Å². The summed E-state index contributed by atoms with van der Waals surface area (Å²) in [5.74, 6) is -0.185. The van der Waals surface area contributed by atoms with E-state index in [1.165, 1.54) is 0 Å². The van der Waals surface area contributed by atoms with Gasteiger partial charge in [-0.05, 0) is 13.0 Å². The molecule has 1 fully saturated rings. The summed E-state index contributed by atoms with van der Waals surface area (Å²) in [6.07, 6.45) is 1.66. The zero-order chi connectivity index (χ0) is 13.7. The number of halogens is 1. The Kier molecular flexibility index (Phi) is 5.13. The quantitative estimate of drug-likeness (QED) is 0.662. The molecule has 19 heavy (non-hydrogen) atoms. The number of pyridine rings is 1. The highest BCUT2D eigenvalue weighted by atomic mass is 35.5. The number of ether oxygens (including phenoxy) is 1. The first-order valence-electron chi connectivity index (χ1n) is 6.43. The number of nitrogens with one attached hydrogen (secondary N) is 1. The number of piperazine rings is 1. The molecule has 0 aliphatic carbocycles. The standard InChI is InChI=1S/C13H18ClN3O2/c1-2-19-13(18)11-8-15-6-7-17(11)9-10-4-3-5-16-12(10)14/h3-5,11,15H,2,6-9H2,1H3. The van der Waals surface area contributed by atoms with E-state index < -0.39 is 0 Å². The number of rotatable bonds is 4. The molecule has 0 aromatic carbocycles. The Morgan fingerprint density at radius 2 is 2.53 bits per heavy atom. The second-order valence-electron chi connectivity index (χ2n) is 4.40. The van der Waals surface area contributed by atoms with Crippen LogP contribution in [0.1, 0.15) is 12.5 Å². The minimum Gasteiger partial charge on any atom is -0.465 e. The summed E-state index contributed by atoms with van der Waals surface area (Å²) < 4.78 is 5.11. The molecule has 6 heteroatoms. The van der Waals surface area contributed by atoms with E-state index in [4.69, 9.17) is 16.3 Å². The number of nitrogens with zero attached hydrogens (tertiary/aromatic N) is 2. The Morgan fingerprint density at radius 1 is 1.68 bits per heavy atom. The smallest absolute Gasteiger partial charge is 0.324 e. The molecule has 1 aromatic heterocycles. The number of aromatic nitrogens is 1. The topological polar surface area (TPSA) is 54.5 Å².